The number of likely N-dealkylation sites (N-methyl/N-ethyl adjacent to an activating group) is 1. The molecule has 4 heterocycles. The van der Waals surface area contributed by atoms with Gasteiger partial charge >= 0.3 is 0 Å². The number of nitrogens with one attached hydrogen (secondary N) is 1. The molecule has 196 valence electrons. The summed E-state index contributed by atoms with van der Waals surface area (Å²) in [7, 11) is -0.567. The second-order valence-corrected chi connectivity index (χ2v) is 10.7. The third kappa shape index (κ3) is 5.01. The van der Waals surface area contributed by atoms with Crippen molar-refractivity contribution < 1.29 is 17.9 Å². The lowest BCUT2D eigenvalue weighted by Crippen LogP contribution is -2.48. The van der Waals surface area contributed by atoms with Crippen molar-refractivity contribution in [1.29, 1.82) is 0 Å². The molecular weight excluding hydrogens is 486 g/mol. The van der Waals surface area contributed by atoms with Gasteiger partial charge in [-0.15, -0.1) is 0 Å². The molecule has 0 amide bonds. The first kappa shape index (κ1) is 26.2. The summed E-state index contributed by atoms with van der Waals surface area (Å²) >= 11 is 0. The van der Waals surface area contributed by atoms with Crippen LogP contribution in [0.1, 0.15) is 26.5 Å². The van der Waals surface area contributed by atoms with Crippen LogP contribution in [0.2, 0.25) is 0 Å². The molecule has 0 saturated carbocycles. The summed E-state index contributed by atoms with van der Waals surface area (Å²) in [4.78, 5) is 27.0. The lowest BCUT2D eigenvalue weighted by atomic mass is 10.2. The fourth-order valence-electron chi connectivity index (χ4n) is 4.34. The number of sulfonamides is 1. The van der Waals surface area contributed by atoms with E-state index in [4.69, 9.17) is 9.47 Å². The zero-order valence-electron chi connectivity index (χ0n) is 21.3. The number of piperazine rings is 1. The Bertz CT molecular complexity index is 1390. The van der Waals surface area contributed by atoms with Crippen LogP contribution >= 0.6 is 0 Å². The van der Waals surface area contributed by atoms with E-state index in [-0.39, 0.29) is 33.8 Å². The van der Waals surface area contributed by atoms with Gasteiger partial charge in [-0.25, -0.2) is 18.4 Å². The smallest absolute Gasteiger partial charge is 0.277 e. The SMILES string of the molecule is CCc1nn(C)c2c(=O)[nH]c(-c3cc(S(=O)(=O)N4CCN(CC)CC4)cnc3OC(C)COC)nc12. The number of methoxy groups -OCH3 is 1. The highest BCUT2D eigenvalue weighted by atomic mass is 32.2. The van der Waals surface area contributed by atoms with Crippen LogP contribution in [0, 0.1) is 0 Å². The number of ether oxygens (including phenoxy) is 2. The number of H-pyrrole nitrogens is 1. The summed E-state index contributed by atoms with van der Waals surface area (Å²) in [6, 6.07) is 1.47. The van der Waals surface area contributed by atoms with Gasteiger partial charge in [0, 0.05) is 40.3 Å². The maximum Gasteiger partial charge on any atom is 0.277 e. The van der Waals surface area contributed by atoms with Gasteiger partial charge in [0.2, 0.25) is 15.9 Å². The Labute approximate surface area is 210 Å². The zero-order valence-corrected chi connectivity index (χ0v) is 22.1. The second-order valence-electron chi connectivity index (χ2n) is 8.78. The molecule has 4 rings (SSSR count). The molecule has 0 aliphatic carbocycles. The van der Waals surface area contributed by atoms with Gasteiger partial charge in [-0.2, -0.15) is 9.40 Å². The Morgan fingerprint density at radius 3 is 2.56 bits per heavy atom. The normalized spacial score (nSPS) is 16.5. The van der Waals surface area contributed by atoms with Crippen molar-refractivity contribution in [3.63, 3.8) is 0 Å². The first-order chi connectivity index (χ1) is 17.2. The first-order valence-electron chi connectivity index (χ1n) is 12.0. The minimum absolute atomic E-state index is 0.0128. The largest absolute Gasteiger partial charge is 0.472 e. The number of rotatable bonds is 9. The zero-order chi connectivity index (χ0) is 26.0. The minimum Gasteiger partial charge on any atom is -0.472 e. The molecule has 3 aromatic rings. The molecule has 1 aliphatic rings. The van der Waals surface area contributed by atoms with Crippen molar-refractivity contribution in [2.45, 2.75) is 38.2 Å². The van der Waals surface area contributed by atoms with E-state index in [2.05, 4.69) is 31.9 Å². The van der Waals surface area contributed by atoms with E-state index < -0.39 is 10.0 Å². The van der Waals surface area contributed by atoms with E-state index in [0.29, 0.717) is 55.9 Å². The topological polar surface area (TPSA) is 136 Å². The summed E-state index contributed by atoms with van der Waals surface area (Å²) in [5.74, 6) is 0.314. The van der Waals surface area contributed by atoms with Gasteiger partial charge < -0.3 is 19.4 Å². The molecule has 12 nitrogen and oxygen atoms in total. The van der Waals surface area contributed by atoms with Crippen molar-refractivity contribution in [1.82, 2.24) is 33.9 Å². The lowest BCUT2D eigenvalue weighted by Gasteiger charge is -2.33. The number of fused-ring (bicyclic) bond motifs is 1. The van der Waals surface area contributed by atoms with E-state index in [1.54, 1.807) is 14.2 Å². The molecule has 36 heavy (non-hydrogen) atoms. The molecule has 0 spiro atoms. The average molecular weight is 520 g/mol. The van der Waals surface area contributed by atoms with Crippen molar-refractivity contribution >= 4 is 21.1 Å². The maximum absolute atomic E-state index is 13.5. The highest BCUT2D eigenvalue weighted by Gasteiger charge is 2.30. The summed E-state index contributed by atoms with van der Waals surface area (Å²) in [6.45, 7) is 9.09. The molecule has 1 saturated heterocycles. The van der Waals surface area contributed by atoms with Gasteiger partial charge in [0.25, 0.3) is 5.56 Å². The number of nitrogens with zero attached hydrogens (tertiary/aromatic N) is 6. The van der Waals surface area contributed by atoms with E-state index in [1.165, 1.54) is 21.3 Å². The summed E-state index contributed by atoms with van der Waals surface area (Å²) < 4.78 is 41.1. The predicted molar refractivity (Wildman–Crippen MR) is 135 cm³/mol. The van der Waals surface area contributed by atoms with Crippen LogP contribution in [0.5, 0.6) is 5.88 Å². The van der Waals surface area contributed by atoms with E-state index in [1.807, 2.05) is 13.8 Å². The molecule has 0 radical (unpaired) electrons. The fraction of sp³-hybridized carbons (Fsp3) is 0.565. The molecule has 1 fully saturated rings. The molecule has 1 unspecified atom stereocenters. The molecular formula is C23H33N7O5S. The highest BCUT2D eigenvalue weighted by Crippen LogP contribution is 2.31. The van der Waals surface area contributed by atoms with Crippen LogP contribution in [0.4, 0.5) is 0 Å². The van der Waals surface area contributed by atoms with Crippen LogP contribution in [-0.4, -0.2) is 94.9 Å². The van der Waals surface area contributed by atoms with Gasteiger partial charge in [-0.3, -0.25) is 9.48 Å². The lowest BCUT2D eigenvalue weighted by molar-refractivity contribution is 0.0893. The third-order valence-electron chi connectivity index (χ3n) is 6.31. The number of aryl methyl sites for hydroxylation is 2. The maximum atomic E-state index is 13.5. The van der Waals surface area contributed by atoms with Crippen LogP contribution in [0.3, 0.4) is 0 Å². The summed E-state index contributed by atoms with van der Waals surface area (Å²) in [6.07, 6.45) is 1.50. The standard InChI is InChI=1S/C23H33N7O5S/c1-6-18-19-20(28(4)27-18)22(31)26-21(25-19)17-12-16(13-24-23(17)35-15(3)14-34-5)36(32,33)30-10-8-29(7-2)9-11-30/h12-13,15H,6-11,14H2,1-5H3,(H,25,26,31). The first-order valence-corrected chi connectivity index (χ1v) is 13.5. The van der Waals surface area contributed by atoms with Crippen LogP contribution in [0.15, 0.2) is 22.0 Å². The predicted octanol–water partition coefficient (Wildman–Crippen LogP) is 1.02. The van der Waals surface area contributed by atoms with Crippen molar-refractivity contribution in [2.24, 2.45) is 7.05 Å². The van der Waals surface area contributed by atoms with Crippen LogP contribution in [0.25, 0.3) is 22.4 Å². The highest BCUT2D eigenvalue weighted by molar-refractivity contribution is 7.89. The number of aromatic amines is 1. The van der Waals surface area contributed by atoms with Gasteiger partial charge in [0.1, 0.15) is 22.3 Å². The Balaban J connectivity index is 1.83. The average Bonchev–Trinajstić information content (AvgIpc) is 3.20. The molecule has 3 aromatic heterocycles. The van der Waals surface area contributed by atoms with Crippen LogP contribution < -0.4 is 10.3 Å². The molecule has 0 bridgehead atoms. The molecule has 1 atom stereocenters. The minimum atomic E-state index is -3.81. The summed E-state index contributed by atoms with van der Waals surface area (Å²) in [5, 5.41) is 4.39. The van der Waals surface area contributed by atoms with Crippen molar-refractivity contribution in [3.05, 3.63) is 28.3 Å². The van der Waals surface area contributed by atoms with Crippen LogP contribution in [-0.2, 0) is 28.2 Å². The summed E-state index contributed by atoms with van der Waals surface area (Å²) in [5.41, 5.74) is 1.36. The van der Waals surface area contributed by atoms with E-state index in [9.17, 15) is 13.2 Å². The Morgan fingerprint density at radius 2 is 1.92 bits per heavy atom. The van der Waals surface area contributed by atoms with E-state index in [0.717, 1.165) is 6.54 Å². The molecule has 1 N–H and O–H groups in total. The molecule has 13 heteroatoms. The quantitative estimate of drug-likeness (QED) is 0.439. The van der Waals surface area contributed by atoms with Gasteiger partial charge in [0.15, 0.2) is 5.52 Å². The Kier molecular flexibility index (Phi) is 7.73. The van der Waals surface area contributed by atoms with Gasteiger partial charge in [0.05, 0.1) is 24.1 Å². The second kappa shape index (κ2) is 10.6. The number of aromatic nitrogens is 5. The number of pyridine rings is 1. The fourth-order valence-corrected chi connectivity index (χ4v) is 5.74. The number of hydrogen-bond donors (Lipinski definition) is 1. The molecule has 1 aliphatic heterocycles. The van der Waals surface area contributed by atoms with Gasteiger partial charge in [-0.1, -0.05) is 13.8 Å². The monoisotopic (exact) mass is 519 g/mol. The Morgan fingerprint density at radius 1 is 1.19 bits per heavy atom. The Hall–Kier alpha value is -2.87. The van der Waals surface area contributed by atoms with Crippen molar-refractivity contribution in [3.8, 4) is 17.3 Å². The molecule has 0 aromatic carbocycles. The van der Waals surface area contributed by atoms with E-state index >= 15 is 0 Å². The van der Waals surface area contributed by atoms with Crippen molar-refractivity contribution in [2.75, 3.05) is 46.4 Å². The third-order valence-corrected chi connectivity index (χ3v) is 8.17. The van der Waals surface area contributed by atoms with Gasteiger partial charge in [-0.05, 0) is 26.0 Å². The number of hydrogen-bond acceptors (Lipinski definition) is 9.